The van der Waals surface area contributed by atoms with Crippen molar-refractivity contribution in [2.45, 2.75) is 18.4 Å². The Morgan fingerprint density at radius 1 is 1.28 bits per heavy atom. The van der Waals surface area contributed by atoms with Gasteiger partial charge in [0.1, 0.15) is 5.75 Å². The molecule has 2 heterocycles. The lowest BCUT2D eigenvalue weighted by atomic mass is 10.1. The molecular formula is C22H24N6O. The Balaban J connectivity index is 1.49. The summed E-state index contributed by atoms with van der Waals surface area (Å²) in [5.41, 5.74) is 10.1. The summed E-state index contributed by atoms with van der Waals surface area (Å²) < 4.78 is 0. The lowest BCUT2D eigenvalue weighted by Crippen LogP contribution is -2.52. The number of nitrogen functional groups attached to an aromatic ring is 1. The van der Waals surface area contributed by atoms with Crippen LogP contribution in [0.4, 0.5) is 11.4 Å². The van der Waals surface area contributed by atoms with Crippen LogP contribution in [0.5, 0.6) is 5.75 Å². The largest absolute Gasteiger partial charge is 0.507 e. The molecule has 0 unspecified atom stereocenters. The number of aliphatic imine (C=N–C) groups is 1. The van der Waals surface area contributed by atoms with E-state index in [4.69, 9.17) is 5.73 Å². The molecule has 3 aromatic rings. The Kier molecular flexibility index (Phi) is 4.13. The first-order chi connectivity index (χ1) is 14.1. The second-order valence-corrected chi connectivity index (χ2v) is 7.95. The van der Waals surface area contributed by atoms with Crippen LogP contribution in [0.3, 0.4) is 0 Å². The number of phenolic OH excluding ortho intramolecular Hbond substituents is 1. The Morgan fingerprint density at radius 2 is 2.14 bits per heavy atom. The van der Waals surface area contributed by atoms with Crippen LogP contribution in [0.2, 0.25) is 0 Å². The normalized spacial score (nSPS) is 18.0. The zero-order chi connectivity index (χ0) is 20.0. The van der Waals surface area contributed by atoms with Crippen LogP contribution in [0, 0.1) is 0 Å². The number of nitrogens with zero attached hydrogens (tertiary/aromatic N) is 4. The molecule has 0 bridgehead atoms. The van der Waals surface area contributed by atoms with E-state index in [0.29, 0.717) is 22.6 Å². The van der Waals surface area contributed by atoms with Gasteiger partial charge >= 0.3 is 0 Å². The molecule has 4 N–H and O–H groups in total. The monoisotopic (exact) mass is 388 g/mol. The highest BCUT2D eigenvalue weighted by Gasteiger charge is 2.45. The van der Waals surface area contributed by atoms with E-state index in [1.807, 2.05) is 12.3 Å². The van der Waals surface area contributed by atoms with Gasteiger partial charge in [0.2, 0.25) is 0 Å². The van der Waals surface area contributed by atoms with Gasteiger partial charge in [-0.3, -0.25) is 4.99 Å². The summed E-state index contributed by atoms with van der Waals surface area (Å²) in [6.07, 6.45) is 6.00. The molecule has 2 aromatic carbocycles. The van der Waals surface area contributed by atoms with Crippen molar-refractivity contribution in [1.82, 2.24) is 15.3 Å². The lowest BCUT2D eigenvalue weighted by molar-refractivity contribution is 0.442. The molecule has 29 heavy (non-hydrogen) atoms. The first kappa shape index (κ1) is 17.9. The number of rotatable bonds is 3. The average molecular weight is 388 g/mol. The van der Waals surface area contributed by atoms with Crippen molar-refractivity contribution in [3.05, 3.63) is 42.1 Å². The van der Waals surface area contributed by atoms with Crippen molar-refractivity contribution in [1.29, 1.82) is 0 Å². The summed E-state index contributed by atoms with van der Waals surface area (Å²) in [6, 6.07) is 9.58. The zero-order valence-electron chi connectivity index (χ0n) is 16.4. The van der Waals surface area contributed by atoms with Crippen molar-refractivity contribution in [3.63, 3.8) is 0 Å². The number of aromatic nitrogens is 2. The number of fused-ring (bicyclic) bond motifs is 1. The lowest BCUT2D eigenvalue weighted by Gasteiger charge is -2.35. The van der Waals surface area contributed by atoms with E-state index in [-0.39, 0.29) is 5.75 Å². The van der Waals surface area contributed by atoms with Gasteiger partial charge in [-0.1, -0.05) is 0 Å². The number of benzene rings is 2. The molecule has 0 radical (unpaired) electrons. The second kappa shape index (κ2) is 6.70. The molecule has 0 atom stereocenters. The zero-order valence-corrected chi connectivity index (χ0v) is 16.4. The molecule has 7 heteroatoms. The van der Waals surface area contributed by atoms with Crippen LogP contribution in [0.1, 0.15) is 18.4 Å². The van der Waals surface area contributed by atoms with Crippen molar-refractivity contribution >= 4 is 28.5 Å². The Morgan fingerprint density at radius 3 is 2.93 bits per heavy atom. The standard InChI is InChI=1S/C22H24N6O/c1-24-11-14-9-17(20(29)10-18(14)23)21-25-12-15-8-16(2-3-19(15)27-21)28-7-6-26-22(13-28)4-5-22/h2-3,8-12,26,29H,4-7,13,23H2,1H3. The number of anilines is 2. The van der Waals surface area contributed by atoms with Gasteiger partial charge in [-0.05, 0) is 37.1 Å². The summed E-state index contributed by atoms with van der Waals surface area (Å²) in [6.45, 7) is 3.08. The quantitative estimate of drug-likeness (QED) is 0.471. The summed E-state index contributed by atoms with van der Waals surface area (Å²) in [5.74, 6) is 0.523. The van der Waals surface area contributed by atoms with Gasteiger partial charge in [0, 0.05) is 73.0 Å². The van der Waals surface area contributed by atoms with Crippen molar-refractivity contribution in [2.75, 3.05) is 37.3 Å². The second-order valence-electron chi connectivity index (χ2n) is 7.95. The molecule has 0 amide bonds. The third-order valence-corrected chi connectivity index (χ3v) is 5.87. The predicted molar refractivity (Wildman–Crippen MR) is 117 cm³/mol. The van der Waals surface area contributed by atoms with Gasteiger partial charge in [-0.15, -0.1) is 0 Å². The fourth-order valence-electron chi connectivity index (χ4n) is 4.06. The van der Waals surface area contributed by atoms with E-state index in [9.17, 15) is 5.11 Å². The van der Waals surface area contributed by atoms with Crippen LogP contribution in [0.25, 0.3) is 22.3 Å². The predicted octanol–water partition coefficient (Wildman–Crippen LogP) is 2.58. The highest BCUT2D eigenvalue weighted by atomic mass is 16.3. The summed E-state index contributed by atoms with van der Waals surface area (Å²) in [4.78, 5) is 15.6. The van der Waals surface area contributed by atoms with Crippen LogP contribution < -0.4 is 16.0 Å². The Labute approximate surface area is 169 Å². The molecule has 1 aromatic heterocycles. The third-order valence-electron chi connectivity index (χ3n) is 5.87. The van der Waals surface area contributed by atoms with E-state index in [2.05, 4.69) is 37.3 Å². The molecule has 1 aliphatic carbocycles. The molecule has 7 nitrogen and oxygen atoms in total. The fraction of sp³-hybridized carbons (Fsp3) is 0.318. The number of hydrogen-bond acceptors (Lipinski definition) is 7. The van der Waals surface area contributed by atoms with Crippen molar-refractivity contribution in [2.24, 2.45) is 4.99 Å². The van der Waals surface area contributed by atoms with Gasteiger partial charge < -0.3 is 21.1 Å². The van der Waals surface area contributed by atoms with E-state index in [0.717, 1.165) is 36.1 Å². The van der Waals surface area contributed by atoms with Gasteiger partial charge in [-0.2, -0.15) is 0 Å². The molecule has 5 rings (SSSR count). The maximum absolute atomic E-state index is 10.4. The average Bonchev–Trinajstić information content (AvgIpc) is 3.47. The van der Waals surface area contributed by atoms with Crippen molar-refractivity contribution < 1.29 is 5.11 Å². The minimum Gasteiger partial charge on any atom is -0.507 e. The SMILES string of the molecule is CN=Cc1cc(-c2ncc3cc(N4CCNC5(CC5)C4)ccc3n2)c(O)cc1N. The van der Waals surface area contributed by atoms with E-state index in [1.54, 1.807) is 19.3 Å². The molecule has 1 saturated heterocycles. The first-order valence-corrected chi connectivity index (χ1v) is 9.89. The van der Waals surface area contributed by atoms with Gasteiger partial charge in [0.05, 0.1) is 11.1 Å². The summed E-state index contributed by atoms with van der Waals surface area (Å²) >= 11 is 0. The first-order valence-electron chi connectivity index (χ1n) is 9.89. The fourth-order valence-corrected chi connectivity index (χ4v) is 4.06. The molecular weight excluding hydrogens is 364 g/mol. The molecule has 1 saturated carbocycles. The highest BCUT2D eigenvalue weighted by Crippen LogP contribution is 2.39. The van der Waals surface area contributed by atoms with Gasteiger partial charge in [0.15, 0.2) is 5.82 Å². The van der Waals surface area contributed by atoms with Crippen LogP contribution in [0.15, 0.2) is 41.5 Å². The Hall–Kier alpha value is -3.19. The highest BCUT2D eigenvalue weighted by molar-refractivity contribution is 5.91. The third kappa shape index (κ3) is 3.27. The number of nitrogens with one attached hydrogen (secondary N) is 1. The van der Waals surface area contributed by atoms with E-state index in [1.165, 1.54) is 24.6 Å². The van der Waals surface area contributed by atoms with Crippen LogP contribution in [-0.2, 0) is 0 Å². The maximum atomic E-state index is 10.4. The summed E-state index contributed by atoms with van der Waals surface area (Å²) in [5, 5.41) is 15.0. The number of phenols is 1. The minimum absolute atomic E-state index is 0.0577. The number of aromatic hydroxyl groups is 1. The van der Waals surface area contributed by atoms with Crippen LogP contribution >= 0.6 is 0 Å². The van der Waals surface area contributed by atoms with Crippen molar-refractivity contribution in [3.8, 4) is 17.1 Å². The Bertz CT molecular complexity index is 1120. The number of nitrogens with two attached hydrogens (primary N) is 1. The van der Waals surface area contributed by atoms with Gasteiger partial charge in [0.25, 0.3) is 0 Å². The maximum Gasteiger partial charge on any atom is 0.163 e. The summed E-state index contributed by atoms with van der Waals surface area (Å²) in [7, 11) is 1.68. The molecule has 1 aliphatic heterocycles. The van der Waals surface area contributed by atoms with Crippen LogP contribution in [-0.4, -0.2) is 53.5 Å². The minimum atomic E-state index is 0.0577. The molecule has 2 fully saturated rings. The molecule has 1 spiro atoms. The number of hydrogen-bond donors (Lipinski definition) is 3. The van der Waals surface area contributed by atoms with Gasteiger partial charge in [-0.25, -0.2) is 9.97 Å². The van der Waals surface area contributed by atoms with E-state index >= 15 is 0 Å². The molecule has 148 valence electrons. The number of piperazine rings is 1. The van der Waals surface area contributed by atoms with E-state index < -0.39 is 0 Å². The molecule has 2 aliphatic rings. The topological polar surface area (TPSA) is 99.7 Å². The smallest absolute Gasteiger partial charge is 0.163 e.